The number of rotatable bonds is 16. The monoisotopic (exact) mass is 730 g/mol. The van der Waals surface area contributed by atoms with Crippen LogP contribution in [0, 0.1) is 29.1 Å². The van der Waals surface area contributed by atoms with Gasteiger partial charge in [-0.2, -0.15) is 39.5 Å². The van der Waals surface area contributed by atoms with E-state index in [0.717, 1.165) is 61.6 Å². The van der Waals surface area contributed by atoms with Crippen molar-refractivity contribution in [2.45, 2.75) is 139 Å². The summed E-state index contributed by atoms with van der Waals surface area (Å²) in [5.74, 6) is -22.3. The number of phenols is 1. The van der Waals surface area contributed by atoms with E-state index in [0.29, 0.717) is 19.3 Å². The van der Waals surface area contributed by atoms with Gasteiger partial charge < -0.3 is 20.4 Å². The zero-order valence-corrected chi connectivity index (χ0v) is 28.0. The summed E-state index contributed by atoms with van der Waals surface area (Å²) in [6, 6.07) is 5.19. The molecule has 284 valence electrons. The minimum Gasteiger partial charge on any atom is -0.508 e. The third-order valence-corrected chi connectivity index (χ3v) is 12.0. The molecule has 0 aliphatic heterocycles. The average Bonchev–Trinajstić information content (AvgIpc) is 3.25. The Hall–Kier alpha value is -2.48. The number of carboxylic acid groups (broad SMARTS) is 1. The number of aliphatic carboxylic acids is 1. The lowest BCUT2D eigenvalue weighted by atomic mass is 9.51. The Kier molecular flexibility index (Phi) is 12.0. The lowest BCUT2D eigenvalue weighted by Gasteiger charge is -2.53. The molecule has 5 nitrogen and oxygen atoms in total. The van der Waals surface area contributed by atoms with E-state index in [1.807, 2.05) is 6.07 Å². The van der Waals surface area contributed by atoms with Crippen molar-refractivity contribution < 1.29 is 64.7 Å². The van der Waals surface area contributed by atoms with Gasteiger partial charge in [0.25, 0.3) is 0 Å². The number of aliphatic hydroxyl groups is 2. The molecule has 0 amide bonds. The Balaban J connectivity index is 1.24. The molecule has 0 saturated heterocycles. The van der Waals surface area contributed by atoms with Crippen LogP contribution in [0.3, 0.4) is 0 Å². The van der Waals surface area contributed by atoms with Crippen LogP contribution in [0.25, 0.3) is 0 Å². The molecule has 3 aliphatic carbocycles. The second-order valence-electron chi connectivity index (χ2n) is 14.9. The van der Waals surface area contributed by atoms with Gasteiger partial charge in [-0.1, -0.05) is 64.5 Å². The summed E-state index contributed by atoms with van der Waals surface area (Å²) in [5.41, 5.74) is 2.42. The Bertz CT molecular complexity index is 1370. The van der Waals surface area contributed by atoms with Crippen LogP contribution in [0.15, 0.2) is 30.4 Å². The molecule has 0 bridgehead atoms. The van der Waals surface area contributed by atoms with Crippen molar-refractivity contribution in [1.82, 2.24) is 0 Å². The highest BCUT2D eigenvalue weighted by molar-refractivity contribution is 5.69. The van der Waals surface area contributed by atoms with Crippen LogP contribution in [0.2, 0.25) is 0 Å². The molecule has 1 aromatic carbocycles. The van der Waals surface area contributed by atoms with E-state index in [2.05, 4.69) is 13.5 Å². The second kappa shape index (κ2) is 14.9. The fourth-order valence-corrected chi connectivity index (χ4v) is 8.99. The highest BCUT2D eigenvalue weighted by Crippen LogP contribution is 2.65. The van der Waals surface area contributed by atoms with Crippen molar-refractivity contribution in [3.05, 3.63) is 41.5 Å². The number of phenolic OH excluding ortho intramolecular Hbond substituents is 1. The van der Waals surface area contributed by atoms with Gasteiger partial charge in [0.05, 0.1) is 18.1 Å². The van der Waals surface area contributed by atoms with Crippen LogP contribution in [-0.4, -0.2) is 56.4 Å². The van der Waals surface area contributed by atoms with E-state index in [4.69, 9.17) is 0 Å². The topological polar surface area (TPSA) is 98.0 Å². The lowest BCUT2D eigenvalue weighted by Crippen LogP contribution is -2.60. The molecular weight excluding hydrogens is 683 g/mol. The Morgan fingerprint density at radius 1 is 0.900 bits per heavy atom. The number of aliphatic hydroxyl groups excluding tert-OH is 2. The van der Waals surface area contributed by atoms with Gasteiger partial charge in [-0.3, -0.25) is 4.79 Å². The molecule has 8 atom stereocenters. The fourth-order valence-electron chi connectivity index (χ4n) is 8.99. The number of alkyl halides is 9. The van der Waals surface area contributed by atoms with Crippen molar-refractivity contribution in [1.29, 1.82) is 0 Å². The van der Waals surface area contributed by atoms with Gasteiger partial charge in [-0.15, -0.1) is 0 Å². The van der Waals surface area contributed by atoms with Gasteiger partial charge >= 0.3 is 29.9 Å². The second-order valence-corrected chi connectivity index (χ2v) is 14.9. The molecule has 2 saturated carbocycles. The van der Waals surface area contributed by atoms with Gasteiger partial charge in [-0.25, -0.2) is 0 Å². The smallest absolute Gasteiger partial charge is 0.460 e. The van der Waals surface area contributed by atoms with Crippen molar-refractivity contribution in [2.75, 3.05) is 0 Å². The fraction of sp³-hybridized carbons (Fsp3) is 0.750. The summed E-state index contributed by atoms with van der Waals surface area (Å²) in [5, 5.41) is 41.8. The van der Waals surface area contributed by atoms with E-state index in [1.165, 1.54) is 0 Å². The summed E-state index contributed by atoms with van der Waals surface area (Å²) in [6.07, 6.45) is -4.26. The van der Waals surface area contributed by atoms with Crippen LogP contribution in [0.5, 0.6) is 5.75 Å². The number of hydrogen-bond donors (Lipinski definition) is 4. The first-order valence-electron chi connectivity index (χ1n) is 17.4. The normalized spacial score (nSPS) is 29.3. The molecule has 2 fully saturated rings. The van der Waals surface area contributed by atoms with Crippen molar-refractivity contribution in [3.63, 3.8) is 0 Å². The van der Waals surface area contributed by atoms with Gasteiger partial charge in [0.15, 0.2) is 0 Å². The zero-order chi connectivity index (χ0) is 37.4. The van der Waals surface area contributed by atoms with Crippen LogP contribution in [-0.2, 0) is 4.79 Å². The molecule has 0 aromatic heterocycles. The first-order chi connectivity index (χ1) is 23.1. The molecule has 4 unspecified atom stereocenters. The van der Waals surface area contributed by atoms with E-state index in [1.54, 1.807) is 12.1 Å². The first-order valence-corrected chi connectivity index (χ1v) is 17.4. The van der Waals surface area contributed by atoms with Gasteiger partial charge in [0, 0.05) is 6.42 Å². The highest BCUT2D eigenvalue weighted by atomic mass is 19.4. The van der Waals surface area contributed by atoms with Crippen molar-refractivity contribution in [3.8, 4) is 5.75 Å². The molecule has 4 N–H and O–H groups in total. The predicted molar refractivity (Wildman–Crippen MR) is 166 cm³/mol. The van der Waals surface area contributed by atoms with Crippen molar-refractivity contribution in [2.24, 2.45) is 29.1 Å². The number of fused-ring (bicyclic) bond motifs is 5. The summed E-state index contributed by atoms with van der Waals surface area (Å²) in [6.45, 7) is 6.38. The number of benzene rings is 1. The quantitative estimate of drug-likeness (QED) is 0.0772. The number of unbranched alkanes of at least 4 members (excludes halogenated alkanes) is 6. The molecule has 3 aliphatic rings. The van der Waals surface area contributed by atoms with Gasteiger partial charge in [0.1, 0.15) is 5.75 Å². The number of hydrogen-bond acceptors (Lipinski definition) is 4. The summed E-state index contributed by atoms with van der Waals surface area (Å²) in [4.78, 5) is 11.5. The summed E-state index contributed by atoms with van der Waals surface area (Å²) < 4.78 is 118. The zero-order valence-electron chi connectivity index (χ0n) is 28.0. The standard InChI is InChI=1S/C36H47F9O5/c1-20-28(47)19-27-29-24(15-16-32(20,27)2)23-13-12-22(46)18-26(23)30(48)25(29)11-9-7-5-3-4-6-8-10-21(31(49)50)14-17-33(37,38)34(39,40)35(41,42)36(43,44)45/h12-13,18,21,24-25,27-30,46-48H,1,3-11,14-17,19H2,2H3,(H,49,50)/t21?,24?,25-,27?,28+,29?,30-,32+/m0/s1. The molecule has 50 heavy (non-hydrogen) atoms. The first kappa shape index (κ1) is 40.3. The molecule has 4 rings (SSSR count). The highest BCUT2D eigenvalue weighted by Gasteiger charge is 2.81. The third-order valence-electron chi connectivity index (χ3n) is 12.0. The number of carbonyl (C=O) groups is 1. The average molecular weight is 731 g/mol. The molecule has 0 heterocycles. The minimum absolute atomic E-state index is 0.0861. The lowest BCUT2D eigenvalue weighted by molar-refractivity contribution is -0.396. The maximum atomic E-state index is 13.9. The maximum Gasteiger partial charge on any atom is 0.460 e. The largest absolute Gasteiger partial charge is 0.508 e. The Morgan fingerprint density at radius 3 is 2.10 bits per heavy atom. The SMILES string of the molecule is C=C1[C@H](O)CC2C3C(CC[C@]12C)c1ccc(O)cc1[C@@H](O)[C@H]3CCCCCCCCCC(CCC(F)(F)C(F)(F)C(F)(F)C(F)(F)F)C(=O)O. The van der Waals surface area contributed by atoms with E-state index in [-0.39, 0.29) is 47.7 Å². The van der Waals surface area contributed by atoms with Crippen LogP contribution >= 0.6 is 0 Å². The maximum absolute atomic E-state index is 13.9. The number of halogens is 9. The van der Waals surface area contributed by atoms with Crippen molar-refractivity contribution >= 4 is 5.97 Å². The third kappa shape index (κ3) is 7.52. The summed E-state index contributed by atoms with van der Waals surface area (Å²) in [7, 11) is 0. The van der Waals surface area contributed by atoms with Crippen LogP contribution < -0.4 is 0 Å². The minimum atomic E-state index is -7.00. The molecule has 0 radical (unpaired) electrons. The molecule has 1 aromatic rings. The van der Waals surface area contributed by atoms with E-state index < -0.39 is 60.9 Å². The summed E-state index contributed by atoms with van der Waals surface area (Å²) >= 11 is 0. The van der Waals surface area contributed by atoms with Crippen LogP contribution in [0.4, 0.5) is 39.5 Å². The predicted octanol–water partition coefficient (Wildman–Crippen LogP) is 9.95. The van der Waals surface area contributed by atoms with Gasteiger partial charge in [-0.05, 0) is 96.4 Å². The number of carboxylic acids is 1. The molecule has 14 heteroatoms. The van der Waals surface area contributed by atoms with E-state index in [9.17, 15) is 64.7 Å². The van der Waals surface area contributed by atoms with Gasteiger partial charge in [0.2, 0.25) is 0 Å². The van der Waals surface area contributed by atoms with Crippen LogP contribution in [0.1, 0.15) is 120 Å². The Morgan fingerprint density at radius 2 is 1.50 bits per heavy atom. The van der Waals surface area contributed by atoms with E-state index >= 15 is 0 Å². The number of aromatic hydroxyl groups is 1. The molecule has 0 spiro atoms. The Labute approximate surface area is 286 Å². The molecular formula is C36H47F9O5.